The standard InChI is InChI=1S/C27H38N2O3/c1-21(28-12-8-24-4-7-27(31)25(19-24)20-30)18-23-2-5-26(6-3-23)32-17-16-29-13-9-22(10-14-29)11-15-29/h2-7,19,21-22,28,30H,8-18,20H2,1H3/p+1. The van der Waals surface area contributed by atoms with Crippen molar-refractivity contribution in [2.75, 3.05) is 39.3 Å². The van der Waals surface area contributed by atoms with E-state index in [9.17, 15) is 10.2 Å². The smallest absolute Gasteiger partial charge is 0.137 e. The molecule has 2 aromatic rings. The fourth-order valence-electron chi connectivity index (χ4n) is 5.36. The molecule has 2 bridgehead atoms. The summed E-state index contributed by atoms with van der Waals surface area (Å²) in [4.78, 5) is 0. The first-order valence-electron chi connectivity index (χ1n) is 12.3. The van der Waals surface area contributed by atoms with Crippen molar-refractivity contribution in [2.45, 2.75) is 51.7 Å². The minimum Gasteiger partial charge on any atom is -0.508 e. The number of ether oxygens (including phenoxy) is 1. The van der Waals surface area contributed by atoms with E-state index in [-0.39, 0.29) is 12.4 Å². The molecule has 3 aliphatic heterocycles. The Hall–Kier alpha value is -2.08. The van der Waals surface area contributed by atoms with Crippen molar-refractivity contribution in [1.29, 1.82) is 0 Å². The zero-order valence-electron chi connectivity index (χ0n) is 19.4. The summed E-state index contributed by atoms with van der Waals surface area (Å²) in [6.07, 6.45) is 6.09. The lowest BCUT2D eigenvalue weighted by Gasteiger charge is -2.49. The van der Waals surface area contributed by atoms with Crippen molar-refractivity contribution < 1.29 is 19.4 Å². The van der Waals surface area contributed by atoms with Crippen LogP contribution in [0, 0.1) is 5.92 Å². The van der Waals surface area contributed by atoms with E-state index < -0.39 is 0 Å². The predicted molar refractivity (Wildman–Crippen MR) is 128 cm³/mol. The maximum Gasteiger partial charge on any atom is 0.137 e. The molecule has 0 spiro atoms. The van der Waals surface area contributed by atoms with Crippen molar-refractivity contribution >= 4 is 0 Å². The Balaban J connectivity index is 1.16. The van der Waals surface area contributed by atoms with E-state index in [1.165, 1.54) is 48.9 Å². The Kier molecular flexibility index (Phi) is 7.71. The Bertz CT molecular complexity index is 846. The fourth-order valence-corrected chi connectivity index (χ4v) is 5.36. The number of benzene rings is 2. The van der Waals surface area contributed by atoms with Crippen molar-refractivity contribution in [3.05, 3.63) is 59.2 Å². The molecule has 1 unspecified atom stereocenters. The average molecular weight is 440 g/mol. The predicted octanol–water partition coefficient (Wildman–Crippen LogP) is 3.66. The monoisotopic (exact) mass is 439 g/mol. The van der Waals surface area contributed by atoms with Gasteiger partial charge in [0, 0.05) is 11.6 Å². The van der Waals surface area contributed by atoms with E-state index in [1.807, 2.05) is 12.1 Å². The number of quaternary nitrogens is 1. The summed E-state index contributed by atoms with van der Waals surface area (Å²) in [6.45, 7) is 8.96. The third kappa shape index (κ3) is 6.03. The van der Waals surface area contributed by atoms with Gasteiger partial charge in [-0.1, -0.05) is 18.2 Å². The highest BCUT2D eigenvalue weighted by atomic mass is 16.5. The molecule has 0 radical (unpaired) electrons. The third-order valence-corrected chi connectivity index (χ3v) is 7.56. The van der Waals surface area contributed by atoms with Crippen LogP contribution in [-0.2, 0) is 19.4 Å². The topological polar surface area (TPSA) is 61.7 Å². The second-order valence-corrected chi connectivity index (χ2v) is 9.89. The molecule has 3 fully saturated rings. The van der Waals surface area contributed by atoms with Crippen LogP contribution in [0.15, 0.2) is 42.5 Å². The minimum absolute atomic E-state index is 0.135. The van der Waals surface area contributed by atoms with Gasteiger partial charge in [-0.3, -0.25) is 0 Å². The van der Waals surface area contributed by atoms with Crippen LogP contribution in [0.5, 0.6) is 11.5 Å². The largest absolute Gasteiger partial charge is 0.508 e. The summed E-state index contributed by atoms with van der Waals surface area (Å²) in [5.74, 6) is 2.14. The number of hydrogen-bond acceptors (Lipinski definition) is 4. The van der Waals surface area contributed by atoms with Gasteiger partial charge in [0.2, 0.25) is 0 Å². The van der Waals surface area contributed by atoms with Gasteiger partial charge in [0.25, 0.3) is 0 Å². The molecule has 0 amide bonds. The van der Waals surface area contributed by atoms with Crippen LogP contribution < -0.4 is 10.1 Å². The zero-order chi connectivity index (χ0) is 22.4. The summed E-state index contributed by atoms with van der Waals surface area (Å²) < 4.78 is 7.37. The average Bonchev–Trinajstić information content (AvgIpc) is 2.82. The maximum atomic E-state index is 9.68. The molecule has 5 nitrogen and oxygen atoms in total. The molecule has 174 valence electrons. The number of nitrogens with one attached hydrogen (secondary N) is 1. The molecule has 3 saturated heterocycles. The first kappa shape index (κ1) is 23.1. The zero-order valence-corrected chi connectivity index (χ0v) is 19.4. The van der Waals surface area contributed by atoms with Gasteiger partial charge in [-0.15, -0.1) is 0 Å². The summed E-state index contributed by atoms with van der Waals surface area (Å²) in [6, 6.07) is 14.4. The van der Waals surface area contributed by atoms with Gasteiger partial charge >= 0.3 is 0 Å². The Labute approximate surface area is 192 Å². The van der Waals surface area contributed by atoms with Gasteiger partial charge in [-0.25, -0.2) is 0 Å². The van der Waals surface area contributed by atoms with Crippen molar-refractivity contribution in [3.8, 4) is 11.5 Å². The van der Waals surface area contributed by atoms with E-state index in [1.54, 1.807) is 6.07 Å². The van der Waals surface area contributed by atoms with Gasteiger partial charge in [0.05, 0.1) is 26.2 Å². The van der Waals surface area contributed by atoms with Crippen molar-refractivity contribution in [3.63, 3.8) is 0 Å². The molecule has 32 heavy (non-hydrogen) atoms. The van der Waals surface area contributed by atoms with E-state index in [2.05, 4.69) is 36.5 Å². The minimum atomic E-state index is -0.135. The molecule has 5 rings (SSSR count). The second-order valence-electron chi connectivity index (χ2n) is 9.89. The maximum absolute atomic E-state index is 9.68. The number of aliphatic hydroxyl groups is 1. The van der Waals surface area contributed by atoms with Crippen LogP contribution in [0.3, 0.4) is 0 Å². The highest BCUT2D eigenvalue weighted by molar-refractivity contribution is 5.35. The first-order valence-corrected chi connectivity index (χ1v) is 12.3. The van der Waals surface area contributed by atoms with E-state index in [0.29, 0.717) is 11.6 Å². The van der Waals surface area contributed by atoms with Crippen LogP contribution in [0.4, 0.5) is 0 Å². The Morgan fingerprint density at radius 3 is 2.41 bits per heavy atom. The van der Waals surface area contributed by atoms with Crippen LogP contribution in [-0.4, -0.2) is 60.1 Å². The lowest BCUT2D eigenvalue weighted by Crippen LogP contribution is -2.59. The molecule has 3 N–H and O–H groups in total. The Morgan fingerprint density at radius 2 is 1.72 bits per heavy atom. The number of nitrogens with zero attached hydrogens (tertiary/aromatic N) is 1. The van der Waals surface area contributed by atoms with E-state index in [0.717, 1.165) is 49.8 Å². The molecule has 3 heterocycles. The summed E-state index contributed by atoms with van der Waals surface area (Å²) >= 11 is 0. The van der Waals surface area contributed by atoms with Gasteiger partial charge < -0.3 is 24.7 Å². The normalized spacial score (nSPS) is 23.2. The Morgan fingerprint density at radius 1 is 1.03 bits per heavy atom. The summed E-state index contributed by atoms with van der Waals surface area (Å²) in [7, 11) is 0. The summed E-state index contributed by atoms with van der Waals surface area (Å²) in [5, 5.41) is 22.5. The number of fused-ring (bicyclic) bond motifs is 3. The van der Waals surface area contributed by atoms with Gasteiger partial charge in [0.15, 0.2) is 0 Å². The number of hydrogen-bond donors (Lipinski definition) is 3. The molecule has 0 aliphatic carbocycles. The molecule has 5 heteroatoms. The molecule has 3 aliphatic rings. The molecular formula is C27H39N2O3+. The SMILES string of the molecule is CC(Cc1ccc(OCC[N+]23CCC(CC2)CC3)cc1)NCCc1ccc(O)c(CO)c1. The number of phenols is 1. The van der Waals surface area contributed by atoms with Crippen molar-refractivity contribution in [2.24, 2.45) is 5.92 Å². The number of aromatic hydroxyl groups is 1. The van der Waals surface area contributed by atoms with Gasteiger partial charge in [-0.2, -0.15) is 0 Å². The van der Waals surface area contributed by atoms with E-state index in [4.69, 9.17) is 4.74 Å². The number of aliphatic hydroxyl groups excluding tert-OH is 1. The van der Waals surface area contributed by atoms with Crippen molar-refractivity contribution in [1.82, 2.24) is 5.32 Å². The highest BCUT2D eigenvalue weighted by Crippen LogP contribution is 2.33. The van der Waals surface area contributed by atoms with Crippen LogP contribution in [0.25, 0.3) is 0 Å². The van der Waals surface area contributed by atoms with E-state index >= 15 is 0 Å². The number of rotatable bonds is 11. The molecule has 0 saturated carbocycles. The van der Waals surface area contributed by atoms with Gasteiger partial charge in [0.1, 0.15) is 24.7 Å². The molecule has 0 aromatic heterocycles. The fraction of sp³-hybridized carbons (Fsp3) is 0.556. The molecular weight excluding hydrogens is 400 g/mol. The quantitative estimate of drug-likeness (QED) is 0.468. The number of piperidine rings is 3. The van der Waals surface area contributed by atoms with Crippen LogP contribution in [0.2, 0.25) is 0 Å². The highest BCUT2D eigenvalue weighted by Gasteiger charge is 2.39. The molecule has 2 aromatic carbocycles. The lowest BCUT2D eigenvalue weighted by atomic mass is 9.86. The lowest BCUT2D eigenvalue weighted by molar-refractivity contribution is -0.942. The first-order chi connectivity index (χ1) is 15.5. The summed E-state index contributed by atoms with van der Waals surface area (Å²) in [5.41, 5.74) is 3.01. The van der Waals surface area contributed by atoms with Gasteiger partial charge in [-0.05, 0) is 86.9 Å². The third-order valence-electron chi connectivity index (χ3n) is 7.56. The second kappa shape index (κ2) is 10.7. The van der Waals surface area contributed by atoms with Crippen LogP contribution in [0.1, 0.15) is 42.9 Å². The molecule has 1 atom stereocenters. The van der Waals surface area contributed by atoms with Crippen LogP contribution >= 0.6 is 0 Å².